The SMILES string of the molecule is CC[C@@H]1CN(Cc2cc(C(c3ccc(N(N)CC)c(N)c3C)C(C)(C)C)sc2C)S(=O)(=O)c2ccccc2O1. The first kappa shape index (κ1) is 29.4. The lowest BCUT2D eigenvalue weighted by molar-refractivity contribution is 0.168. The van der Waals surface area contributed by atoms with Crippen LogP contribution in [0.3, 0.4) is 0 Å². The molecule has 0 saturated heterocycles. The Morgan fingerprint density at radius 2 is 1.85 bits per heavy atom. The zero-order chi connectivity index (χ0) is 28.7. The molecule has 3 aromatic rings. The number of benzene rings is 2. The molecule has 4 N–H and O–H groups in total. The van der Waals surface area contributed by atoms with Crippen molar-refractivity contribution in [2.24, 2.45) is 11.3 Å². The molecule has 4 rings (SSSR count). The second kappa shape index (κ2) is 11.1. The number of para-hydroxylation sites is 1. The first-order valence-electron chi connectivity index (χ1n) is 13.6. The van der Waals surface area contributed by atoms with Crippen LogP contribution in [0.5, 0.6) is 5.75 Å². The van der Waals surface area contributed by atoms with E-state index in [0.29, 0.717) is 31.1 Å². The number of thiophene rings is 1. The second-order valence-corrected chi connectivity index (χ2v) is 14.6. The molecule has 9 heteroatoms. The van der Waals surface area contributed by atoms with Gasteiger partial charge in [0.15, 0.2) is 0 Å². The van der Waals surface area contributed by atoms with Gasteiger partial charge in [-0.1, -0.05) is 45.9 Å². The van der Waals surface area contributed by atoms with Crippen molar-refractivity contribution in [3.8, 4) is 5.75 Å². The number of fused-ring (bicyclic) bond motifs is 1. The number of rotatable bonds is 7. The van der Waals surface area contributed by atoms with Crippen LogP contribution >= 0.6 is 11.3 Å². The van der Waals surface area contributed by atoms with Crippen molar-refractivity contribution < 1.29 is 13.2 Å². The summed E-state index contributed by atoms with van der Waals surface area (Å²) in [7, 11) is -3.72. The van der Waals surface area contributed by atoms with Crippen molar-refractivity contribution in [1.29, 1.82) is 0 Å². The predicted molar refractivity (Wildman–Crippen MR) is 162 cm³/mol. The van der Waals surface area contributed by atoms with Gasteiger partial charge in [-0.05, 0) is 73.6 Å². The van der Waals surface area contributed by atoms with E-state index in [9.17, 15) is 8.42 Å². The lowest BCUT2D eigenvalue weighted by atomic mass is 9.74. The molecule has 2 heterocycles. The molecule has 7 nitrogen and oxygen atoms in total. The van der Waals surface area contributed by atoms with Crippen molar-refractivity contribution in [2.75, 3.05) is 23.8 Å². The van der Waals surface area contributed by atoms with Crippen LogP contribution in [0.4, 0.5) is 11.4 Å². The number of nitrogens with zero attached hydrogens (tertiary/aromatic N) is 2. The molecule has 212 valence electrons. The molecule has 0 bridgehead atoms. The molecule has 0 saturated carbocycles. The van der Waals surface area contributed by atoms with Crippen LogP contribution in [0.1, 0.15) is 73.4 Å². The summed E-state index contributed by atoms with van der Waals surface area (Å²) in [5.74, 6) is 6.68. The van der Waals surface area contributed by atoms with Gasteiger partial charge in [0.1, 0.15) is 16.7 Å². The number of aryl methyl sites for hydroxylation is 1. The molecule has 0 aliphatic carbocycles. The van der Waals surface area contributed by atoms with Gasteiger partial charge < -0.3 is 15.5 Å². The van der Waals surface area contributed by atoms with E-state index >= 15 is 0 Å². The van der Waals surface area contributed by atoms with Crippen LogP contribution in [-0.4, -0.2) is 31.9 Å². The molecule has 2 aromatic carbocycles. The lowest BCUT2D eigenvalue weighted by Crippen LogP contribution is -2.36. The third-order valence-electron chi connectivity index (χ3n) is 7.65. The normalized spacial score (nSPS) is 18.2. The van der Waals surface area contributed by atoms with Gasteiger partial charge in [0.05, 0.1) is 17.9 Å². The molecular formula is C30H42N4O3S2. The molecule has 1 aliphatic heterocycles. The monoisotopic (exact) mass is 570 g/mol. The number of hydrogen-bond donors (Lipinski definition) is 2. The van der Waals surface area contributed by atoms with Crippen LogP contribution < -0.4 is 21.3 Å². The van der Waals surface area contributed by atoms with Crippen LogP contribution in [0, 0.1) is 19.3 Å². The van der Waals surface area contributed by atoms with Crippen molar-refractivity contribution in [1.82, 2.24) is 4.31 Å². The van der Waals surface area contributed by atoms with Crippen molar-refractivity contribution >= 4 is 32.7 Å². The quantitative estimate of drug-likeness (QED) is 0.200. The minimum atomic E-state index is -3.72. The fourth-order valence-electron chi connectivity index (χ4n) is 5.35. The highest BCUT2D eigenvalue weighted by Gasteiger charge is 2.36. The van der Waals surface area contributed by atoms with Crippen molar-refractivity contribution in [3.05, 3.63) is 68.9 Å². The Morgan fingerprint density at radius 3 is 2.49 bits per heavy atom. The lowest BCUT2D eigenvalue weighted by Gasteiger charge is -2.33. The molecule has 0 amide bonds. The number of hydrazine groups is 1. The van der Waals surface area contributed by atoms with Crippen molar-refractivity contribution in [3.63, 3.8) is 0 Å². The van der Waals surface area contributed by atoms with Gasteiger partial charge in [0.25, 0.3) is 0 Å². The first-order chi connectivity index (χ1) is 18.3. The fourth-order valence-corrected chi connectivity index (χ4v) is 8.33. The Labute approximate surface area is 237 Å². The predicted octanol–water partition coefficient (Wildman–Crippen LogP) is 6.19. The average molecular weight is 571 g/mol. The van der Waals surface area contributed by atoms with Gasteiger partial charge in [-0.25, -0.2) is 14.3 Å². The third-order valence-corrected chi connectivity index (χ3v) is 10.7. The average Bonchev–Trinajstić information content (AvgIpc) is 3.18. The maximum atomic E-state index is 13.7. The van der Waals surface area contributed by atoms with E-state index in [-0.39, 0.29) is 22.3 Å². The van der Waals surface area contributed by atoms with Crippen LogP contribution in [0.15, 0.2) is 47.4 Å². The summed E-state index contributed by atoms with van der Waals surface area (Å²) in [6.07, 6.45) is 0.508. The maximum Gasteiger partial charge on any atom is 0.247 e. The number of anilines is 2. The Balaban J connectivity index is 1.74. The molecule has 2 atom stereocenters. The summed E-state index contributed by atoms with van der Waals surface area (Å²) in [4.78, 5) is 2.54. The topological polar surface area (TPSA) is 102 Å². The highest BCUT2D eigenvalue weighted by atomic mass is 32.2. The minimum absolute atomic E-state index is 0.0762. The van der Waals surface area contributed by atoms with Gasteiger partial charge in [0.2, 0.25) is 10.0 Å². The maximum absolute atomic E-state index is 13.7. The van der Waals surface area contributed by atoms with Gasteiger partial charge in [-0.3, -0.25) is 0 Å². The second-order valence-electron chi connectivity index (χ2n) is 11.4. The first-order valence-corrected chi connectivity index (χ1v) is 15.8. The summed E-state index contributed by atoms with van der Waals surface area (Å²) in [6, 6.07) is 13.3. The van der Waals surface area contributed by atoms with E-state index < -0.39 is 10.0 Å². The summed E-state index contributed by atoms with van der Waals surface area (Å²) >= 11 is 1.73. The third kappa shape index (κ3) is 5.68. The Bertz CT molecular complexity index is 1440. The Hall–Kier alpha value is -2.59. The molecular weight excluding hydrogens is 528 g/mol. The number of sulfonamides is 1. The van der Waals surface area contributed by atoms with E-state index in [1.165, 1.54) is 4.88 Å². The zero-order valence-electron chi connectivity index (χ0n) is 24.1. The largest absolute Gasteiger partial charge is 0.488 e. The van der Waals surface area contributed by atoms with Gasteiger partial charge in [0, 0.05) is 28.8 Å². The number of nitrogen functional groups attached to an aromatic ring is 1. The van der Waals surface area contributed by atoms with Crippen LogP contribution in [0.25, 0.3) is 0 Å². The van der Waals surface area contributed by atoms with Gasteiger partial charge >= 0.3 is 0 Å². The number of nitrogens with two attached hydrogens (primary N) is 2. The Kier molecular flexibility index (Phi) is 8.38. The van der Waals surface area contributed by atoms with E-state index in [4.69, 9.17) is 16.3 Å². The molecule has 0 radical (unpaired) electrons. The minimum Gasteiger partial charge on any atom is -0.488 e. The van der Waals surface area contributed by atoms with Crippen LogP contribution in [-0.2, 0) is 16.6 Å². The molecule has 0 spiro atoms. The van der Waals surface area contributed by atoms with E-state index in [1.807, 2.05) is 26.0 Å². The highest BCUT2D eigenvalue weighted by molar-refractivity contribution is 7.89. The number of ether oxygens (including phenoxy) is 1. The molecule has 1 aromatic heterocycles. The zero-order valence-corrected chi connectivity index (χ0v) is 25.7. The summed E-state index contributed by atoms with van der Waals surface area (Å²) < 4.78 is 35.2. The standard InChI is InChI=1S/C30H42N4O3S2/c1-8-22-18-33(39(35,36)27-13-11-10-12-25(27)37-22)17-21-16-26(38-20(21)4)28(30(5,6)7)23-14-15-24(34(32)9-2)29(31)19(23)3/h10-16,22,28H,8-9,17-18,31-32H2,1-7H3/t22-,28?/m1/s1. The molecule has 39 heavy (non-hydrogen) atoms. The van der Waals surface area contributed by atoms with Crippen LogP contribution in [0.2, 0.25) is 0 Å². The molecule has 1 aliphatic rings. The van der Waals surface area contributed by atoms with Gasteiger partial charge in [-0.2, -0.15) is 4.31 Å². The highest BCUT2D eigenvalue weighted by Crippen LogP contribution is 2.47. The van der Waals surface area contributed by atoms with E-state index in [0.717, 1.165) is 33.7 Å². The smallest absolute Gasteiger partial charge is 0.247 e. The summed E-state index contributed by atoms with van der Waals surface area (Å²) in [6.45, 7) is 16.1. The Morgan fingerprint density at radius 1 is 1.15 bits per heavy atom. The van der Waals surface area contributed by atoms with E-state index in [1.54, 1.807) is 38.9 Å². The van der Waals surface area contributed by atoms with E-state index in [2.05, 4.69) is 46.8 Å². The molecule has 0 fully saturated rings. The summed E-state index contributed by atoms with van der Waals surface area (Å²) in [5, 5.41) is 1.67. The van der Waals surface area contributed by atoms with Crippen molar-refractivity contribution in [2.45, 2.75) is 78.3 Å². The fraction of sp³-hybridized carbons (Fsp3) is 0.467. The number of hydrogen-bond acceptors (Lipinski definition) is 7. The molecule has 1 unspecified atom stereocenters. The van der Waals surface area contributed by atoms with Gasteiger partial charge in [-0.15, -0.1) is 11.3 Å². The summed E-state index contributed by atoms with van der Waals surface area (Å²) in [5.41, 5.74) is 11.2.